The molecule has 0 radical (unpaired) electrons. The van der Waals surface area contributed by atoms with E-state index in [1.54, 1.807) is 24.3 Å². The highest BCUT2D eigenvalue weighted by Gasteiger charge is 2.48. The maximum Gasteiger partial charge on any atom is 0.319 e. The van der Waals surface area contributed by atoms with Gasteiger partial charge in [0.1, 0.15) is 16.9 Å². The van der Waals surface area contributed by atoms with E-state index < -0.39 is 45.4 Å². The van der Waals surface area contributed by atoms with E-state index in [-0.39, 0.29) is 11.5 Å². The molecule has 0 spiro atoms. The van der Waals surface area contributed by atoms with Gasteiger partial charge in [0.15, 0.2) is 0 Å². The van der Waals surface area contributed by atoms with E-state index in [0.29, 0.717) is 33.4 Å². The number of hydrogen-bond donors (Lipinski definition) is 4. The topological polar surface area (TPSA) is 115 Å². The number of hydrogen-bond acceptors (Lipinski definition) is 4. The number of benzene rings is 2. The summed E-state index contributed by atoms with van der Waals surface area (Å²) in [7, 11) is 0. The van der Waals surface area contributed by atoms with E-state index in [9.17, 15) is 30.0 Å². The first-order chi connectivity index (χ1) is 21.1. The lowest BCUT2D eigenvalue weighted by Gasteiger charge is -2.38. The summed E-state index contributed by atoms with van der Waals surface area (Å²) in [6.45, 7) is 24.7. The smallest absolute Gasteiger partial charge is 0.319 e. The minimum absolute atomic E-state index is 0.149. The molecule has 0 fully saturated rings. The van der Waals surface area contributed by atoms with Gasteiger partial charge in [0, 0.05) is 22.3 Å². The third-order valence-electron chi connectivity index (χ3n) is 10.4. The number of phenols is 2. The molecular formula is C40H62O6. The van der Waals surface area contributed by atoms with Crippen molar-refractivity contribution in [2.24, 2.45) is 0 Å². The zero-order valence-electron chi connectivity index (χ0n) is 30.8. The fraction of sp³-hybridized carbons (Fsp3) is 0.650. The Bertz CT molecular complexity index is 1230. The lowest BCUT2D eigenvalue weighted by atomic mass is 9.65. The fourth-order valence-electron chi connectivity index (χ4n) is 7.78. The van der Waals surface area contributed by atoms with Gasteiger partial charge in [-0.3, -0.25) is 9.59 Å². The van der Waals surface area contributed by atoms with Crippen molar-refractivity contribution in [3.63, 3.8) is 0 Å². The molecule has 4 N–H and O–H groups in total. The molecule has 2 rings (SSSR count). The van der Waals surface area contributed by atoms with Gasteiger partial charge in [-0.25, -0.2) is 0 Å². The van der Waals surface area contributed by atoms with Crippen LogP contribution in [0.2, 0.25) is 0 Å². The maximum atomic E-state index is 13.9. The summed E-state index contributed by atoms with van der Waals surface area (Å²) in [5.74, 6) is -2.22. The molecule has 0 saturated carbocycles. The van der Waals surface area contributed by atoms with Crippen LogP contribution in [0, 0.1) is 0 Å². The Morgan fingerprint density at radius 2 is 0.761 bits per heavy atom. The molecule has 0 atom stereocenters. The standard InChI is InChI=1S/C40H62O6/c1-13-17-36(5,6)28-21-26(22-29(33(28)43)37(7,8)18-14-2)40(35(45)46,25-32(41)42)27-23-30(38(9,10)19-15-3)34(44)31(24-27)39(11,12)20-16-4/h21-24,43-44H,13-20,25H2,1-12H3,(H,41,42)(H,45,46). The average molecular weight is 639 g/mol. The van der Waals surface area contributed by atoms with Gasteiger partial charge in [-0.2, -0.15) is 0 Å². The Labute approximate surface area is 278 Å². The van der Waals surface area contributed by atoms with Crippen molar-refractivity contribution in [1.29, 1.82) is 0 Å². The van der Waals surface area contributed by atoms with Crippen LogP contribution in [0.3, 0.4) is 0 Å². The number of rotatable bonds is 17. The second-order valence-corrected chi connectivity index (χ2v) is 16.2. The molecule has 0 aliphatic heterocycles. The molecule has 0 aliphatic carbocycles. The number of aliphatic carboxylic acids is 2. The second kappa shape index (κ2) is 14.4. The van der Waals surface area contributed by atoms with Gasteiger partial charge in [0.2, 0.25) is 0 Å². The SMILES string of the molecule is CCCC(C)(C)c1cc(C(CC(=O)O)(C(=O)O)c2cc(C(C)(C)CCC)c(O)c(C(C)(C)CCC)c2)cc(C(C)(C)CCC)c1O. The third-order valence-corrected chi connectivity index (χ3v) is 10.4. The molecule has 0 amide bonds. The molecule has 6 heteroatoms. The largest absolute Gasteiger partial charge is 0.507 e. The predicted molar refractivity (Wildman–Crippen MR) is 189 cm³/mol. The molecule has 258 valence electrons. The maximum absolute atomic E-state index is 13.9. The molecule has 0 unspecified atom stereocenters. The van der Waals surface area contributed by atoms with Gasteiger partial charge in [-0.05, 0) is 58.5 Å². The van der Waals surface area contributed by atoms with E-state index in [0.717, 1.165) is 51.4 Å². The van der Waals surface area contributed by atoms with Crippen molar-refractivity contribution in [1.82, 2.24) is 0 Å². The minimum atomic E-state index is -1.99. The summed E-state index contributed by atoms with van der Waals surface area (Å²) in [6.07, 6.45) is 5.73. The molecular weight excluding hydrogens is 576 g/mol. The van der Waals surface area contributed by atoms with Crippen LogP contribution in [0.5, 0.6) is 11.5 Å². The predicted octanol–water partition coefficient (Wildman–Crippen LogP) is 10.3. The van der Waals surface area contributed by atoms with Crippen LogP contribution >= 0.6 is 0 Å². The summed E-state index contributed by atoms with van der Waals surface area (Å²) in [4.78, 5) is 26.7. The Hall–Kier alpha value is -3.02. The summed E-state index contributed by atoms with van der Waals surface area (Å²) in [5.41, 5.74) is -0.835. The summed E-state index contributed by atoms with van der Waals surface area (Å²) in [5, 5.41) is 45.4. The van der Waals surface area contributed by atoms with Crippen molar-refractivity contribution < 1.29 is 30.0 Å². The first-order valence-corrected chi connectivity index (χ1v) is 17.3. The lowest BCUT2D eigenvalue weighted by molar-refractivity contribution is -0.148. The normalized spacial score (nSPS) is 13.2. The van der Waals surface area contributed by atoms with Gasteiger partial charge in [-0.15, -0.1) is 0 Å². The molecule has 2 aromatic carbocycles. The molecule has 0 aromatic heterocycles. The summed E-state index contributed by atoms with van der Waals surface area (Å²) >= 11 is 0. The number of carboxylic acid groups (broad SMARTS) is 2. The van der Waals surface area contributed by atoms with Crippen molar-refractivity contribution >= 4 is 11.9 Å². The highest BCUT2D eigenvalue weighted by molar-refractivity contribution is 5.92. The Balaban J connectivity index is 3.34. The van der Waals surface area contributed by atoms with Crippen molar-refractivity contribution in [2.45, 2.75) is 168 Å². The van der Waals surface area contributed by atoms with Crippen LogP contribution in [0.25, 0.3) is 0 Å². The van der Waals surface area contributed by atoms with Crippen LogP contribution in [0.1, 0.15) is 174 Å². The van der Waals surface area contributed by atoms with Gasteiger partial charge in [-0.1, -0.05) is 133 Å². The molecule has 2 aromatic rings. The van der Waals surface area contributed by atoms with Gasteiger partial charge in [0.25, 0.3) is 0 Å². The minimum Gasteiger partial charge on any atom is -0.507 e. The first-order valence-electron chi connectivity index (χ1n) is 17.3. The Kier molecular flexibility index (Phi) is 12.3. The van der Waals surface area contributed by atoms with Crippen molar-refractivity contribution in [3.05, 3.63) is 57.6 Å². The molecule has 0 bridgehead atoms. The molecule has 0 aliphatic rings. The quantitative estimate of drug-likeness (QED) is 0.137. The zero-order valence-corrected chi connectivity index (χ0v) is 30.8. The van der Waals surface area contributed by atoms with Crippen LogP contribution < -0.4 is 0 Å². The van der Waals surface area contributed by atoms with Crippen molar-refractivity contribution in [3.8, 4) is 11.5 Å². The van der Waals surface area contributed by atoms with Crippen LogP contribution in [-0.2, 0) is 36.7 Å². The first kappa shape index (κ1) is 39.2. The van der Waals surface area contributed by atoms with E-state index in [2.05, 4.69) is 27.7 Å². The van der Waals surface area contributed by atoms with E-state index >= 15 is 0 Å². The molecule has 6 nitrogen and oxygen atoms in total. The highest BCUT2D eigenvalue weighted by Crippen LogP contribution is 2.50. The summed E-state index contributed by atoms with van der Waals surface area (Å²) in [6, 6.07) is 6.98. The van der Waals surface area contributed by atoms with Gasteiger partial charge < -0.3 is 20.4 Å². The third kappa shape index (κ3) is 7.74. The van der Waals surface area contributed by atoms with Crippen LogP contribution in [0.15, 0.2) is 24.3 Å². The highest BCUT2D eigenvalue weighted by atomic mass is 16.4. The van der Waals surface area contributed by atoms with E-state index in [1.165, 1.54) is 0 Å². The zero-order chi connectivity index (χ0) is 35.5. The Morgan fingerprint density at radius 3 is 0.935 bits per heavy atom. The van der Waals surface area contributed by atoms with Crippen LogP contribution in [-0.4, -0.2) is 32.4 Å². The Morgan fingerprint density at radius 1 is 0.522 bits per heavy atom. The number of carboxylic acids is 2. The molecule has 0 saturated heterocycles. The molecule has 0 heterocycles. The summed E-state index contributed by atoms with van der Waals surface area (Å²) < 4.78 is 0. The average Bonchev–Trinajstić information content (AvgIpc) is 2.91. The van der Waals surface area contributed by atoms with Gasteiger partial charge in [0.05, 0.1) is 6.42 Å². The second-order valence-electron chi connectivity index (χ2n) is 16.2. The van der Waals surface area contributed by atoms with Crippen molar-refractivity contribution in [2.75, 3.05) is 0 Å². The van der Waals surface area contributed by atoms with E-state index in [1.807, 2.05) is 55.4 Å². The number of aromatic hydroxyl groups is 2. The number of carbonyl (C=O) groups is 2. The lowest BCUT2D eigenvalue weighted by Crippen LogP contribution is -2.41. The number of phenolic OH excluding ortho intramolecular Hbond substituents is 2. The molecule has 46 heavy (non-hydrogen) atoms. The van der Waals surface area contributed by atoms with Crippen LogP contribution in [0.4, 0.5) is 0 Å². The monoisotopic (exact) mass is 638 g/mol. The fourth-order valence-corrected chi connectivity index (χ4v) is 7.78. The van der Waals surface area contributed by atoms with E-state index in [4.69, 9.17) is 0 Å². The van der Waals surface area contributed by atoms with Gasteiger partial charge >= 0.3 is 11.9 Å².